The van der Waals surface area contributed by atoms with Gasteiger partial charge in [0.15, 0.2) is 17.3 Å². The maximum atomic E-state index is 12.8. The van der Waals surface area contributed by atoms with Gasteiger partial charge < -0.3 is 35.7 Å². The van der Waals surface area contributed by atoms with Crippen molar-refractivity contribution in [2.24, 2.45) is 15.7 Å². The largest absolute Gasteiger partial charge is 0.493 e. The second-order valence-corrected chi connectivity index (χ2v) is 8.08. The van der Waals surface area contributed by atoms with Gasteiger partial charge in [0.25, 0.3) is 5.91 Å². The normalized spacial score (nSPS) is 13.7. The van der Waals surface area contributed by atoms with Gasteiger partial charge in [0.05, 0.1) is 50.6 Å². The number of anilines is 1. The van der Waals surface area contributed by atoms with Crippen molar-refractivity contribution in [2.45, 2.75) is 13.3 Å². The third-order valence-corrected chi connectivity index (χ3v) is 5.40. The van der Waals surface area contributed by atoms with E-state index in [1.807, 2.05) is 0 Å². The topological polar surface area (TPSA) is 181 Å². The van der Waals surface area contributed by atoms with Gasteiger partial charge in [-0.05, 0) is 31.2 Å². The zero-order valence-corrected chi connectivity index (χ0v) is 22.1. The number of benzene rings is 1. The van der Waals surface area contributed by atoms with Crippen LogP contribution in [0.3, 0.4) is 0 Å². The van der Waals surface area contributed by atoms with Gasteiger partial charge in [-0.2, -0.15) is 0 Å². The zero-order valence-electron chi connectivity index (χ0n) is 22.1. The number of pyridine rings is 1. The van der Waals surface area contributed by atoms with Crippen LogP contribution in [0.15, 0.2) is 82.0 Å². The van der Waals surface area contributed by atoms with E-state index in [9.17, 15) is 4.79 Å². The first-order chi connectivity index (χ1) is 19.4. The molecule has 0 saturated heterocycles. The second kappa shape index (κ2) is 12.9. The number of aliphatic imine (C=N–C) groups is 2. The van der Waals surface area contributed by atoms with Gasteiger partial charge in [-0.25, -0.2) is 20.0 Å². The number of fused-ring (bicyclic) bond motifs is 1. The number of methoxy groups -OCH3 is 2. The molecule has 13 nitrogen and oxygen atoms in total. The van der Waals surface area contributed by atoms with Crippen molar-refractivity contribution >= 4 is 40.9 Å². The first-order valence-corrected chi connectivity index (χ1v) is 12.1. The molecule has 3 aromatic rings. The summed E-state index contributed by atoms with van der Waals surface area (Å²) in [6.07, 6.45) is 11.0. The Hall–Kier alpha value is -5.46. The van der Waals surface area contributed by atoms with Gasteiger partial charge in [-0.1, -0.05) is 0 Å². The molecule has 0 saturated carbocycles. The molecule has 4 rings (SSSR count). The van der Waals surface area contributed by atoms with Crippen molar-refractivity contribution in [3.05, 3.63) is 72.0 Å². The fourth-order valence-corrected chi connectivity index (χ4v) is 3.49. The molecule has 206 valence electrons. The Labute approximate surface area is 229 Å². The highest BCUT2D eigenvalue weighted by Gasteiger charge is 2.15. The number of carbonyl (C=O) groups is 1. The molecule has 0 fully saturated rings. The lowest BCUT2D eigenvalue weighted by molar-refractivity contribution is -0.117. The highest BCUT2D eigenvalue weighted by atomic mass is 16.5. The Kier molecular flexibility index (Phi) is 8.87. The minimum Gasteiger partial charge on any atom is -0.493 e. The van der Waals surface area contributed by atoms with Crippen LogP contribution in [-0.2, 0) is 9.53 Å². The van der Waals surface area contributed by atoms with Crippen molar-refractivity contribution < 1.29 is 23.7 Å². The van der Waals surface area contributed by atoms with Crippen LogP contribution in [0.4, 0.5) is 11.6 Å². The number of nitrogen functional groups attached to an aromatic ring is 1. The minimum absolute atomic E-state index is 0.0508. The predicted octanol–water partition coefficient (Wildman–Crippen LogP) is 2.93. The van der Waals surface area contributed by atoms with Gasteiger partial charge >= 0.3 is 0 Å². The Morgan fingerprint density at radius 2 is 1.85 bits per heavy atom. The Bertz CT molecular complexity index is 1540. The average Bonchev–Trinajstić information content (AvgIpc) is 3.19. The van der Waals surface area contributed by atoms with E-state index in [1.165, 1.54) is 18.6 Å². The van der Waals surface area contributed by atoms with Gasteiger partial charge in [0, 0.05) is 30.3 Å². The number of hydrogen-bond donors (Lipinski definition) is 3. The van der Waals surface area contributed by atoms with E-state index >= 15 is 0 Å². The molecule has 1 amide bonds. The summed E-state index contributed by atoms with van der Waals surface area (Å²) in [5.41, 5.74) is 12.5. The summed E-state index contributed by atoms with van der Waals surface area (Å²) in [4.78, 5) is 33.6. The summed E-state index contributed by atoms with van der Waals surface area (Å²) in [5.74, 6) is 2.09. The quantitative estimate of drug-likeness (QED) is 0.195. The molecule has 0 aliphatic carbocycles. The van der Waals surface area contributed by atoms with Crippen LogP contribution in [-0.4, -0.2) is 54.1 Å². The molecule has 5 N–H and O–H groups in total. The number of hydrogen-bond acceptors (Lipinski definition) is 12. The predicted molar refractivity (Wildman–Crippen MR) is 150 cm³/mol. The average molecular weight is 545 g/mol. The maximum Gasteiger partial charge on any atom is 0.276 e. The molecule has 13 heteroatoms. The standard InChI is InChI=1S/C27H28N8O5/c1-4-39-23(15-34-27-32-13-16(28)14-33-27)25(29)26(36)35-24-6-5-17(7-9-31-24)40-20-8-10-30-19-12-22(38-3)21(37-2)11-18(19)20/h5-6,8-15H,4,7,28-29H2,1-3H3,(H,35,36). The summed E-state index contributed by atoms with van der Waals surface area (Å²) < 4.78 is 22.4. The lowest BCUT2D eigenvalue weighted by atomic mass is 10.2. The summed E-state index contributed by atoms with van der Waals surface area (Å²) in [5, 5.41) is 3.40. The number of amides is 1. The van der Waals surface area contributed by atoms with E-state index in [0.29, 0.717) is 40.6 Å². The first-order valence-electron chi connectivity index (χ1n) is 12.1. The van der Waals surface area contributed by atoms with E-state index in [0.717, 1.165) is 5.39 Å². The van der Waals surface area contributed by atoms with Crippen molar-refractivity contribution in [3.8, 4) is 17.2 Å². The molecular formula is C27H28N8O5. The van der Waals surface area contributed by atoms with Crippen LogP contribution in [0, 0.1) is 0 Å². The molecule has 0 atom stereocenters. The van der Waals surface area contributed by atoms with E-state index in [2.05, 4.69) is 30.3 Å². The Morgan fingerprint density at radius 1 is 1.10 bits per heavy atom. The summed E-state index contributed by atoms with van der Waals surface area (Å²) >= 11 is 0. The SMILES string of the molecule is CCOC(C=Nc1ncc(N)cn1)=C(N)C(=O)NC1=CC=C(Oc2ccnc3cc(OC)c(OC)cc23)CC=N1. The molecule has 1 aromatic carbocycles. The highest BCUT2D eigenvalue weighted by Crippen LogP contribution is 2.36. The van der Waals surface area contributed by atoms with Crippen molar-refractivity contribution in [2.75, 3.05) is 26.6 Å². The number of nitrogens with zero attached hydrogens (tertiary/aromatic N) is 5. The molecule has 1 aliphatic heterocycles. The highest BCUT2D eigenvalue weighted by molar-refractivity contribution is 5.99. The molecular weight excluding hydrogens is 516 g/mol. The number of aromatic nitrogens is 3. The Morgan fingerprint density at radius 3 is 2.58 bits per heavy atom. The van der Waals surface area contributed by atoms with E-state index < -0.39 is 5.91 Å². The lowest BCUT2D eigenvalue weighted by Gasteiger charge is -2.13. The molecule has 3 heterocycles. The molecule has 1 aliphatic rings. The van der Waals surface area contributed by atoms with E-state index in [4.69, 9.17) is 30.4 Å². The van der Waals surface area contributed by atoms with Crippen molar-refractivity contribution in [1.29, 1.82) is 0 Å². The molecule has 0 spiro atoms. The number of allylic oxidation sites excluding steroid dienone is 4. The molecule has 0 unspecified atom stereocenters. The molecule has 0 bridgehead atoms. The fraction of sp³-hybridized carbons (Fsp3) is 0.185. The summed E-state index contributed by atoms with van der Waals surface area (Å²) in [6.45, 7) is 2.01. The van der Waals surface area contributed by atoms with Crippen molar-refractivity contribution in [1.82, 2.24) is 20.3 Å². The van der Waals surface area contributed by atoms with Gasteiger partial charge in [0.1, 0.15) is 23.0 Å². The van der Waals surface area contributed by atoms with Gasteiger partial charge in [0.2, 0.25) is 5.95 Å². The number of carbonyl (C=O) groups excluding carboxylic acids is 1. The number of nitrogens with two attached hydrogens (primary N) is 2. The summed E-state index contributed by atoms with van der Waals surface area (Å²) in [7, 11) is 3.12. The van der Waals surface area contributed by atoms with Gasteiger partial charge in [-0.3, -0.25) is 9.78 Å². The smallest absolute Gasteiger partial charge is 0.276 e. The summed E-state index contributed by atoms with van der Waals surface area (Å²) in [6, 6.07) is 5.33. The third kappa shape index (κ3) is 6.69. The van der Waals surface area contributed by atoms with Crippen LogP contribution in [0.5, 0.6) is 17.2 Å². The molecule has 0 radical (unpaired) electrons. The number of ether oxygens (including phenoxy) is 4. The number of rotatable bonds is 10. The minimum atomic E-state index is -0.629. The Balaban J connectivity index is 1.51. The lowest BCUT2D eigenvalue weighted by Crippen LogP contribution is -2.29. The van der Waals surface area contributed by atoms with Crippen LogP contribution in [0.1, 0.15) is 13.3 Å². The van der Waals surface area contributed by atoms with Crippen LogP contribution in [0.25, 0.3) is 10.9 Å². The molecule has 40 heavy (non-hydrogen) atoms. The maximum absolute atomic E-state index is 12.8. The second-order valence-electron chi connectivity index (χ2n) is 8.08. The molecule has 2 aromatic heterocycles. The third-order valence-electron chi connectivity index (χ3n) is 5.40. The van der Waals surface area contributed by atoms with E-state index in [-0.39, 0.29) is 29.8 Å². The van der Waals surface area contributed by atoms with Crippen LogP contribution in [0.2, 0.25) is 0 Å². The monoisotopic (exact) mass is 544 g/mol. The van der Waals surface area contributed by atoms with Crippen molar-refractivity contribution in [3.63, 3.8) is 0 Å². The fourth-order valence-electron chi connectivity index (χ4n) is 3.49. The number of nitrogens with one attached hydrogen (secondary N) is 1. The van der Waals surface area contributed by atoms with Crippen LogP contribution < -0.4 is 31.0 Å². The van der Waals surface area contributed by atoms with Gasteiger partial charge in [-0.15, -0.1) is 0 Å². The first kappa shape index (κ1) is 27.6. The van der Waals surface area contributed by atoms with Crippen LogP contribution >= 0.6 is 0 Å². The zero-order chi connectivity index (χ0) is 28.5. The van der Waals surface area contributed by atoms with E-state index in [1.54, 1.807) is 63.9 Å².